The average molecular weight is 203 g/mol. The molecule has 1 rings (SSSR count). The Balaban J connectivity index is 2.94. The average Bonchev–Trinajstić information content (AvgIpc) is 2.27. The molecule has 1 aromatic heterocycles. The van der Waals surface area contributed by atoms with Gasteiger partial charge in [-0.15, -0.1) is 6.42 Å². The van der Waals surface area contributed by atoms with E-state index < -0.39 is 0 Å². The molecule has 0 spiro atoms. The van der Waals surface area contributed by atoms with Gasteiger partial charge < -0.3 is 10.2 Å². The fourth-order valence-electron chi connectivity index (χ4n) is 1.49. The third-order valence-electron chi connectivity index (χ3n) is 2.20. The van der Waals surface area contributed by atoms with Gasteiger partial charge in [0.05, 0.1) is 6.54 Å². The van der Waals surface area contributed by atoms with Crippen LogP contribution in [0, 0.1) is 12.3 Å². The summed E-state index contributed by atoms with van der Waals surface area (Å²) in [6.07, 6.45) is 7.13. The van der Waals surface area contributed by atoms with Crippen molar-refractivity contribution in [1.29, 1.82) is 0 Å². The molecule has 0 saturated heterocycles. The molecule has 0 aliphatic rings. The van der Waals surface area contributed by atoms with Crippen molar-refractivity contribution in [3.05, 3.63) is 23.9 Å². The fourth-order valence-corrected chi connectivity index (χ4v) is 1.49. The molecule has 1 heterocycles. The van der Waals surface area contributed by atoms with Crippen molar-refractivity contribution in [3.8, 4) is 12.3 Å². The highest BCUT2D eigenvalue weighted by molar-refractivity contribution is 5.47. The van der Waals surface area contributed by atoms with E-state index in [2.05, 4.69) is 34.1 Å². The second-order valence-corrected chi connectivity index (χ2v) is 3.23. The second-order valence-electron chi connectivity index (χ2n) is 3.23. The fraction of sp³-hybridized carbons (Fsp3) is 0.417. The molecule has 15 heavy (non-hydrogen) atoms. The first-order chi connectivity index (χ1) is 7.33. The zero-order valence-corrected chi connectivity index (χ0v) is 9.33. The van der Waals surface area contributed by atoms with Crippen LogP contribution in [-0.4, -0.2) is 25.1 Å². The molecule has 0 bridgehead atoms. The molecule has 1 N–H and O–H groups in total. The number of hydrogen-bond donors (Lipinski definition) is 1. The van der Waals surface area contributed by atoms with Gasteiger partial charge in [-0.1, -0.05) is 12.0 Å². The van der Waals surface area contributed by atoms with Gasteiger partial charge in [0.2, 0.25) is 0 Å². The van der Waals surface area contributed by atoms with Crippen LogP contribution in [-0.2, 0) is 6.54 Å². The van der Waals surface area contributed by atoms with Crippen LogP contribution in [0.2, 0.25) is 0 Å². The minimum absolute atomic E-state index is 0.601. The normalized spacial score (nSPS) is 9.67. The molecule has 1 aromatic rings. The summed E-state index contributed by atoms with van der Waals surface area (Å²) in [5.74, 6) is 3.63. The number of pyridine rings is 1. The Labute approximate surface area is 91.5 Å². The summed E-state index contributed by atoms with van der Waals surface area (Å²) in [5.41, 5.74) is 1.18. The van der Waals surface area contributed by atoms with Crippen LogP contribution in [0.1, 0.15) is 12.5 Å². The van der Waals surface area contributed by atoms with E-state index in [0.29, 0.717) is 6.54 Å². The molecular weight excluding hydrogens is 186 g/mol. The lowest BCUT2D eigenvalue weighted by atomic mass is 10.2. The summed E-state index contributed by atoms with van der Waals surface area (Å²) in [7, 11) is 1.92. The number of terminal acetylenes is 1. The van der Waals surface area contributed by atoms with Gasteiger partial charge in [-0.2, -0.15) is 0 Å². The van der Waals surface area contributed by atoms with Crippen molar-refractivity contribution in [2.75, 3.05) is 25.0 Å². The van der Waals surface area contributed by atoms with Crippen molar-refractivity contribution in [2.45, 2.75) is 13.5 Å². The lowest BCUT2D eigenvalue weighted by Gasteiger charge is -2.21. The summed E-state index contributed by atoms with van der Waals surface area (Å²) in [5, 5.41) is 3.13. The van der Waals surface area contributed by atoms with Crippen LogP contribution in [0.25, 0.3) is 0 Å². The predicted octanol–water partition coefficient (Wildman–Crippen LogP) is 1.26. The maximum absolute atomic E-state index is 5.33. The molecule has 0 unspecified atom stereocenters. The van der Waals surface area contributed by atoms with Crippen LogP contribution >= 0.6 is 0 Å². The third kappa shape index (κ3) is 2.97. The standard InChI is InChI=1S/C12H17N3/c1-4-9-15(5-2)12-11(10-13-3)7-6-8-14-12/h1,6-8,13H,5,9-10H2,2-3H3. The lowest BCUT2D eigenvalue weighted by Crippen LogP contribution is -2.26. The molecule has 3 nitrogen and oxygen atoms in total. The Kier molecular flexibility index (Phi) is 4.65. The number of nitrogens with zero attached hydrogens (tertiary/aromatic N) is 2. The first kappa shape index (κ1) is 11.5. The second kappa shape index (κ2) is 6.05. The van der Waals surface area contributed by atoms with Crippen molar-refractivity contribution >= 4 is 5.82 Å². The van der Waals surface area contributed by atoms with Gasteiger partial charge in [0.1, 0.15) is 5.82 Å². The Morgan fingerprint density at radius 1 is 1.60 bits per heavy atom. The summed E-state index contributed by atoms with van der Waals surface area (Å²) in [4.78, 5) is 6.47. The minimum Gasteiger partial charge on any atom is -0.345 e. The highest BCUT2D eigenvalue weighted by Gasteiger charge is 2.08. The largest absolute Gasteiger partial charge is 0.345 e. The van der Waals surface area contributed by atoms with Crippen molar-refractivity contribution in [1.82, 2.24) is 10.3 Å². The summed E-state index contributed by atoms with van der Waals surface area (Å²) in [6.45, 7) is 4.36. The lowest BCUT2D eigenvalue weighted by molar-refractivity contribution is 0.794. The van der Waals surface area contributed by atoms with E-state index in [1.807, 2.05) is 13.1 Å². The van der Waals surface area contributed by atoms with E-state index in [4.69, 9.17) is 6.42 Å². The number of anilines is 1. The molecule has 0 aliphatic carbocycles. The number of aromatic nitrogens is 1. The number of nitrogens with one attached hydrogen (secondary N) is 1. The van der Waals surface area contributed by atoms with Crippen molar-refractivity contribution < 1.29 is 0 Å². The minimum atomic E-state index is 0.601. The Morgan fingerprint density at radius 3 is 3.00 bits per heavy atom. The Morgan fingerprint density at radius 2 is 2.40 bits per heavy atom. The maximum atomic E-state index is 5.33. The smallest absolute Gasteiger partial charge is 0.133 e. The summed E-state index contributed by atoms with van der Waals surface area (Å²) in [6, 6.07) is 4.01. The predicted molar refractivity (Wildman–Crippen MR) is 63.7 cm³/mol. The molecule has 0 atom stereocenters. The number of rotatable bonds is 5. The quantitative estimate of drug-likeness (QED) is 0.730. The van der Waals surface area contributed by atoms with Crippen LogP contribution < -0.4 is 10.2 Å². The third-order valence-corrected chi connectivity index (χ3v) is 2.20. The van der Waals surface area contributed by atoms with Crippen LogP contribution in [0.4, 0.5) is 5.82 Å². The monoisotopic (exact) mass is 203 g/mol. The topological polar surface area (TPSA) is 28.2 Å². The molecule has 0 aliphatic heterocycles. The van der Waals surface area contributed by atoms with E-state index in [1.54, 1.807) is 6.20 Å². The van der Waals surface area contributed by atoms with Crippen LogP contribution in [0.15, 0.2) is 18.3 Å². The highest BCUT2D eigenvalue weighted by Crippen LogP contribution is 2.16. The summed E-state index contributed by atoms with van der Waals surface area (Å²) < 4.78 is 0. The highest BCUT2D eigenvalue weighted by atomic mass is 15.2. The Hall–Kier alpha value is -1.53. The maximum Gasteiger partial charge on any atom is 0.133 e. The summed E-state index contributed by atoms with van der Waals surface area (Å²) >= 11 is 0. The molecule has 0 saturated carbocycles. The van der Waals surface area contributed by atoms with Crippen LogP contribution in [0.5, 0.6) is 0 Å². The van der Waals surface area contributed by atoms with E-state index in [1.165, 1.54) is 5.56 Å². The molecule has 80 valence electrons. The van der Waals surface area contributed by atoms with Crippen LogP contribution in [0.3, 0.4) is 0 Å². The van der Waals surface area contributed by atoms with Gasteiger partial charge in [-0.3, -0.25) is 0 Å². The Bertz CT molecular complexity index is 341. The van der Waals surface area contributed by atoms with E-state index >= 15 is 0 Å². The van der Waals surface area contributed by atoms with Gasteiger partial charge in [-0.25, -0.2) is 4.98 Å². The molecule has 0 amide bonds. The van der Waals surface area contributed by atoms with E-state index in [0.717, 1.165) is 18.9 Å². The van der Waals surface area contributed by atoms with Gasteiger partial charge >= 0.3 is 0 Å². The van der Waals surface area contributed by atoms with Gasteiger partial charge in [0.25, 0.3) is 0 Å². The number of hydrogen-bond acceptors (Lipinski definition) is 3. The molecule has 3 heteroatoms. The first-order valence-corrected chi connectivity index (χ1v) is 5.10. The SMILES string of the molecule is C#CCN(CC)c1ncccc1CNC. The van der Waals surface area contributed by atoms with Gasteiger partial charge in [-0.05, 0) is 20.0 Å². The molecule has 0 radical (unpaired) electrons. The van der Waals surface area contributed by atoms with Gasteiger partial charge in [0, 0.05) is 24.8 Å². The first-order valence-electron chi connectivity index (χ1n) is 5.10. The van der Waals surface area contributed by atoms with Gasteiger partial charge in [0.15, 0.2) is 0 Å². The van der Waals surface area contributed by atoms with Crippen molar-refractivity contribution in [3.63, 3.8) is 0 Å². The molecular formula is C12H17N3. The van der Waals surface area contributed by atoms with E-state index in [-0.39, 0.29) is 0 Å². The zero-order chi connectivity index (χ0) is 11.1. The zero-order valence-electron chi connectivity index (χ0n) is 9.33. The molecule has 0 aromatic carbocycles. The van der Waals surface area contributed by atoms with Crippen molar-refractivity contribution in [2.24, 2.45) is 0 Å². The molecule has 0 fully saturated rings. The van der Waals surface area contributed by atoms with E-state index in [9.17, 15) is 0 Å².